The zero-order valence-corrected chi connectivity index (χ0v) is 22.1. The van der Waals surface area contributed by atoms with Crippen LogP contribution < -0.4 is 20.1 Å². The maximum Gasteiger partial charge on any atom is 0.261 e. The van der Waals surface area contributed by atoms with Crippen molar-refractivity contribution < 1.29 is 16.8 Å². The van der Waals surface area contributed by atoms with Gasteiger partial charge in [0.1, 0.15) is 5.82 Å². The molecule has 0 amide bonds. The molecule has 12 heteroatoms. The van der Waals surface area contributed by atoms with E-state index in [9.17, 15) is 16.8 Å². The molecule has 38 heavy (non-hydrogen) atoms. The van der Waals surface area contributed by atoms with Gasteiger partial charge in [-0.1, -0.05) is 35.9 Å². The number of anilines is 4. The van der Waals surface area contributed by atoms with Crippen molar-refractivity contribution in [2.45, 2.75) is 23.1 Å². The highest BCUT2D eigenvalue weighted by Crippen LogP contribution is 2.29. The number of nitrogens with one attached hydrogen (secondary N) is 4. The Hall–Kier alpha value is -4.00. The molecule has 0 aliphatic carbocycles. The van der Waals surface area contributed by atoms with Crippen molar-refractivity contribution in [3.05, 3.63) is 84.6 Å². The van der Waals surface area contributed by atoms with E-state index in [1.807, 2.05) is 6.92 Å². The molecule has 0 spiro atoms. The van der Waals surface area contributed by atoms with Crippen molar-refractivity contribution >= 4 is 43.2 Å². The summed E-state index contributed by atoms with van der Waals surface area (Å²) in [7, 11) is -7.35. The van der Waals surface area contributed by atoms with Crippen molar-refractivity contribution in [1.29, 1.82) is 0 Å². The zero-order chi connectivity index (χ0) is 26.8. The fourth-order valence-electron chi connectivity index (χ4n) is 3.89. The van der Waals surface area contributed by atoms with Crippen LogP contribution in [-0.4, -0.2) is 39.9 Å². The summed E-state index contributed by atoms with van der Waals surface area (Å²) in [6.45, 7) is 2.63. The lowest BCUT2D eigenvalue weighted by Crippen LogP contribution is -2.26. The number of fused-ring (bicyclic) bond motifs is 4. The molecule has 10 nitrogen and oxygen atoms in total. The first-order valence-corrected chi connectivity index (χ1v) is 14.8. The molecule has 4 N–H and O–H groups in total. The molecule has 5 rings (SSSR count). The standard InChI is InChI=1S/C26H26N6O4S2/c1-18-6-12-22(13-7-18)38(35,36)32-20-10-8-19(9-11-20)24-17-28-26-30-21-4-2-5-23(16-21)37(33,34)29-15-3-14-27-25(24)31-26/h2,4-13,16-17,29,32H,3,14-15H2,1H3,(H2,27,28,30,31). The molecule has 2 heterocycles. The van der Waals surface area contributed by atoms with Crippen molar-refractivity contribution in [2.75, 3.05) is 28.4 Å². The van der Waals surface area contributed by atoms with Crippen LogP contribution in [0.25, 0.3) is 11.1 Å². The highest BCUT2D eigenvalue weighted by molar-refractivity contribution is 7.92. The quantitative estimate of drug-likeness (QED) is 0.298. The number of nitrogens with zero attached hydrogens (tertiary/aromatic N) is 2. The monoisotopic (exact) mass is 550 g/mol. The smallest absolute Gasteiger partial charge is 0.261 e. The van der Waals surface area contributed by atoms with Gasteiger partial charge in [0.05, 0.1) is 9.79 Å². The highest BCUT2D eigenvalue weighted by Gasteiger charge is 2.17. The van der Waals surface area contributed by atoms with Gasteiger partial charge in [-0.05, 0) is 61.4 Å². The lowest BCUT2D eigenvalue weighted by molar-refractivity contribution is 0.580. The summed E-state index contributed by atoms with van der Waals surface area (Å²) in [5, 5.41) is 6.33. The summed E-state index contributed by atoms with van der Waals surface area (Å²) in [5.41, 5.74) is 3.44. The molecule has 0 saturated heterocycles. The molecule has 0 atom stereocenters. The second-order valence-electron chi connectivity index (χ2n) is 8.78. The van der Waals surface area contributed by atoms with Crippen molar-refractivity contribution in [2.24, 2.45) is 0 Å². The van der Waals surface area contributed by atoms with Gasteiger partial charge in [0.25, 0.3) is 10.0 Å². The Bertz CT molecular complexity index is 1670. The first-order valence-electron chi connectivity index (χ1n) is 11.9. The van der Waals surface area contributed by atoms with Gasteiger partial charge in [-0.2, -0.15) is 4.98 Å². The van der Waals surface area contributed by atoms with E-state index in [4.69, 9.17) is 0 Å². The van der Waals surface area contributed by atoms with E-state index in [1.165, 1.54) is 12.1 Å². The largest absolute Gasteiger partial charge is 0.369 e. The zero-order valence-electron chi connectivity index (χ0n) is 20.5. The van der Waals surface area contributed by atoms with E-state index in [-0.39, 0.29) is 16.3 Å². The minimum absolute atomic E-state index is 0.157. The van der Waals surface area contributed by atoms with Crippen LogP contribution in [0.5, 0.6) is 0 Å². The fraction of sp³-hybridized carbons (Fsp3) is 0.154. The Balaban J connectivity index is 1.41. The summed E-state index contributed by atoms with van der Waals surface area (Å²) in [4.78, 5) is 9.38. The Morgan fingerprint density at radius 2 is 1.71 bits per heavy atom. The van der Waals surface area contributed by atoms with E-state index in [0.29, 0.717) is 41.7 Å². The van der Waals surface area contributed by atoms with Crippen LogP contribution in [0.1, 0.15) is 12.0 Å². The van der Waals surface area contributed by atoms with Gasteiger partial charge >= 0.3 is 0 Å². The van der Waals surface area contributed by atoms with Crippen LogP contribution in [0.15, 0.2) is 88.8 Å². The first-order chi connectivity index (χ1) is 18.2. The molecule has 4 aromatic rings. The topological polar surface area (TPSA) is 142 Å². The molecule has 0 radical (unpaired) electrons. The van der Waals surface area contributed by atoms with Gasteiger partial charge in [-0.3, -0.25) is 4.72 Å². The number of aromatic nitrogens is 2. The molecule has 4 bridgehead atoms. The number of benzene rings is 3. The van der Waals surface area contributed by atoms with Crippen LogP contribution in [0.3, 0.4) is 0 Å². The molecular formula is C26H26N6O4S2. The summed E-state index contributed by atoms with van der Waals surface area (Å²) >= 11 is 0. The van der Waals surface area contributed by atoms with Crippen LogP contribution in [0, 0.1) is 6.92 Å². The molecule has 0 saturated carbocycles. The van der Waals surface area contributed by atoms with Gasteiger partial charge in [-0.25, -0.2) is 26.5 Å². The number of hydrogen-bond acceptors (Lipinski definition) is 8. The number of hydrogen-bond donors (Lipinski definition) is 4. The van der Waals surface area contributed by atoms with E-state index in [0.717, 1.165) is 11.1 Å². The van der Waals surface area contributed by atoms with Gasteiger partial charge in [0.2, 0.25) is 16.0 Å². The molecule has 3 aromatic carbocycles. The third-order valence-electron chi connectivity index (χ3n) is 5.91. The second kappa shape index (κ2) is 10.4. The molecule has 196 valence electrons. The third kappa shape index (κ3) is 5.77. The number of aryl methyl sites for hydroxylation is 1. The lowest BCUT2D eigenvalue weighted by atomic mass is 10.1. The Labute approximate surface area is 221 Å². The molecule has 0 fully saturated rings. The highest BCUT2D eigenvalue weighted by atomic mass is 32.2. The summed E-state index contributed by atoms with van der Waals surface area (Å²) < 4.78 is 55.8. The summed E-state index contributed by atoms with van der Waals surface area (Å²) in [6.07, 6.45) is 2.20. The van der Waals surface area contributed by atoms with Crippen molar-refractivity contribution in [3.63, 3.8) is 0 Å². The Morgan fingerprint density at radius 1 is 0.947 bits per heavy atom. The molecule has 1 aromatic heterocycles. The van der Waals surface area contributed by atoms with Gasteiger partial charge in [-0.15, -0.1) is 0 Å². The summed E-state index contributed by atoms with van der Waals surface area (Å²) in [6, 6.07) is 20.0. The fourth-order valence-corrected chi connectivity index (χ4v) is 6.07. The molecular weight excluding hydrogens is 524 g/mol. The van der Waals surface area contributed by atoms with Gasteiger partial charge in [0, 0.05) is 36.2 Å². The minimum atomic E-state index is -3.72. The van der Waals surface area contributed by atoms with Crippen molar-refractivity contribution in [3.8, 4) is 11.1 Å². The maximum absolute atomic E-state index is 12.7. The number of rotatable bonds is 4. The maximum atomic E-state index is 12.7. The second-order valence-corrected chi connectivity index (χ2v) is 12.2. The summed E-state index contributed by atoms with van der Waals surface area (Å²) in [5.74, 6) is 0.870. The molecule has 0 unspecified atom stereocenters. The van der Waals surface area contributed by atoms with Crippen LogP contribution >= 0.6 is 0 Å². The predicted octanol–water partition coefficient (Wildman–Crippen LogP) is 4.09. The average molecular weight is 551 g/mol. The minimum Gasteiger partial charge on any atom is -0.369 e. The average Bonchev–Trinajstić information content (AvgIpc) is 2.89. The van der Waals surface area contributed by atoms with Crippen LogP contribution in [0.2, 0.25) is 0 Å². The lowest BCUT2D eigenvalue weighted by Gasteiger charge is -2.14. The Kier molecular flexibility index (Phi) is 7.02. The van der Waals surface area contributed by atoms with E-state index < -0.39 is 20.0 Å². The van der Waals surface area contributed by atoms with E-state index in [2.05, 4.69) is 30.0 Å². The third-order valence-corrected chi connectivity index (χ3v) is 8.76. The van der Waals surface area contributed by atoms with Gasteiger partial charge in [0.15, 0.2) is 0 Å². The molecule has 1 aliphatic rings. The van der Waals surface area contributed by atoms with Gasteiger partial charge < -0.3 is 10.6 Å². The number of sulfonamides is 2. The van der Waals surface area contributed by atoms with E-state index >= 15 is 0 Å². The normalized spacial score (nSPS) is 15.1. The van der Waals surface area contributed by atoms with E-state index in [1.54, 1.807) is 66.9 Å². The van der Waals surface area contributed by atoms with Crippen molar-refractivity contribution in [1.82, 2.24) is 14.7 Å². The Morgan fingerprint density at radius 3 is 2.47 bits per heavy atom. The molecule has 1 aliphatic heterocycles. The van der Waals surface area contributed by atoms with Crippen LogP contribution in [0.4, 0.5) is 23.1 Å². The predicted molar refractivity (Wildman–Crippen MR) is 147 cm³/mol. The van der Waals surface area contributed by atoms with Crippen LogP contribution in [-0.2, 0) is 20.0 Å². The first kappa shape index (κ1) is 25.6. The SMILES string of the molecule is Cc1ccc(S(=O)(=O)Nc2ccc(-c3cnc4nc3NCCCNS(=O)(=O)c3cccc(c3)N4)cc2)cc1.